The van der Waals surface area contributed by atoms with Crippen molar-refractivity contribution in [1.82, 2.24) is 4.98 Å². The molecular formula is C11H16N2. The zero-order valence-corrected chi connectivity index (χ0v) is 8.11. The Morgan fingerprint density at radius 1 is 1.46 bits per heavy atom. The number of anilines is 1. The van der Waals surface area contributed by atoms with Crippen LogP contribution in [-0.4, -0.2) is 18.1 Å². The molecule has 1 saturated heterocycles. The maximum absolute atomic E-state index is 4.36. The molecule has 0 N–H and O–H groups in total. The third kappa shape index (κ3) is 2.00. The number of nitrogens with zero attached hydrogens (tertiary/aromatic N) is 2. The van der Waals surface area contributed by atoms with Crippen LogP contribution in [0.15, 0.2) is 24.4 Å². The van der Waals surface area contributed by atoms with E-state index in [0.29, 0.717) is 0 Å². The van der Waals surface area contributed by atoms with E-state index in [1.54, 1.807) is 0 Å². The maximum atomic E-state index is 4.36. The van der Waals surface area contributed by atoms with Gasteiger partial charge in [0.1, 0.15) is 5.82 Å². The van der Waals surface area contributed by atoms with Crippen LogP contribution in [0.4, 0.5) is 5.82 Å². The first-order valence-corrected chi connectivity index (χ1v) is 5.02. The second kappa shape index (κ2) is 3.77. The zero-order valence-electron chi connectivity index (χ0n) is 8.11. The summed E-state index contributed by atoms with van der Waals surface area (Å²) in [6.07, 6.45) is 4.54. The molecule has 0 saturated carbocycles. The van der Waals surface area contributed by atoms with E-state index in [-0.39, 0.29) is 0 Å². The molecule has 0 bridgehead atoms. The van der Waals surface area contributed by atoms with Gasteiger partial charge in [-0.3, -0.25) is 0 Å². The van der Waals surface area contributed by atoms with E-state index in [1.165, 1.54) is 19.4 Å². The highest BCUT2D eigenvalue weighted by Gasteiger charge is 2.16. The molecule has 1 fully saturated rings. The molecule has 0 aromatic carbocycles. The summed E-state index contributed by atoms with van der Waals surface area (Å²) < 4.78 is 0. The van der Waals surface area contributed by atoms with E-state index in [2.05, 4.69) is 28.9 Å². The summed E-state index contributed by atoms with van der Waals surface area (Å²) in [4.78, 5) is 6.75. The largest absolute Gasteiger partial charge is 0.356 e. The minimum atomic E-state index is 0.816. The second-order valence-corrected chi connectivity index (χ2v) is 3.88. The first-order valence-electron chi connectivity index (χ1n) is 5.02. The van der Waals surface area contributed by atoms with Crippen LogP contribution in [-0.2, 0) is 0 Å². The average molecular weight is 176 g/mol. The fourth-order valence-electron chi connectivity index (χ4n) is 1.94. The van der Waals surface area contributed by atoms with Crippen molar-refractivity contribution in [3.05, 3.63) is 24.4 Å². The number of pyridine rings is 1. The van der Waals surface area contributed by atoms with Crippen LogP contribution in [0.2, 0.25) is 0 Å². The molecule has 0 spiro atoms. The van der Waals surface area contributed by atoms with Crippen molar-refractivity contribution in [2.75, 3.05) is 18.0 Å². The quantitative estimate of drug-likeness (QED) is 0.652. The molecule has 2 rings (SSSR count). The summed E-state index contributed by atoms with van der Waals surface area (Å²) >= 11 is 0. The van der Waals surface area contributed by atoms with Gasteiger partial charge in [-0.2, -0.15) is 0 Å². The third-order valence-corrected chi connectivity index (χ3v) is 2.63. The molecule has 2 heteroatoms. The normalized spacial score (nSPS) is 23.2. The summed E-state index contributed by atoms with van der Waals surface area (Å²) in [5, 5.41) is 0. The average Bonchev–Trinajstić information content (AvgIpc) is 2.19. The molecule has 1 aliphatic rings. The van der Waals surface area contributed by atoms with Gasteiger partial charge < -0.3 is 4.90 Å². The molecule has 2 nitrogen and oxygen atoms in total. The number of hydrogen-bond donors (Lipinski definition) is 0. The number of aromatic nitrogens is 1. The van der Waals surface area contributed by atoms with E-state index >= 15 is 0 Å². The molecule has 13 heavy (non-hydrogen) atoms. The van der Waals surface area contributed by atoms with Crippen molar-refractivity contribution < 1.29 is 0 Å². The van der Waals surface area contributed by atoms with Crippen LogP contribution in [0.25, 0.3) is 0 Å². The van der Waals surface area contributed by atoms with Gasteiger partial charge in [0, 0.05) is 19.3 Å². The lowest BCUT2D eigenvalue weighted by molar-refractivity contribution is 0.444. The van der Waals surface area contributed by atoms with Crippen LogP contribution >= 0.6 is 0 Å². The van der Waals surface area contributed by atoms with Gasteiger partial charge in [0.2, 0.25) is 0 Å². The Bertz CT molecular complexity index is 258. The Hall–Kier alpha value is -1.05. The van der Waals surface area contributed by atoms with Crippen molar-refractivity contribution in [2.45, 2.75) is 19.8 Å². The highest BCUT2D eigenvalue weighted by molar-refractivity contribution is 5.37. The monoisotopic (exact) mass is 176 g/mol. The number of hydrogen-bond acceptors (Lipinski definition) is 2. The van der Waals surface area contributed by atoms with E-state index < -0.39 is 0 Å². The fraction of sp³-hybridized carbons (Fsp3) is 0.545. The van der Waals surface area contributed by atoms with Gasteiger partial charge in [-0.15, -0.1) is 0 Å². The van der Waals surface area contributed by atoms with Crippen LogP contribution < -0.4 is 4.90 Å². The predicted molar refractivity (Wildman–Crippen MR) is 54.8 cm³/mol. The topological polar surface area (TPSA) is 16.1 Å². The summed E-state index contributed by atoms with van der Waals surface area (Å²) in [5.41, 5.74) is 0. The molecule has 1 aromatic heterocycles. The molecule has 0 aliphatic carbocycles. The molecule has 0 radical (unpaired) electrons. The fourth-order valence-corrected chi connectivity index (χ4v) is 1.94. The van der Waals surface area contributed by atoms with Crippen molar-refractivity contribution in [3.63, 3.8) is 0 Å². The summed E-state index contributed by atoms with van der Waals surface area (Å²) in [6, 6.07) is 6.12. The van der Waals surface area contributed by atoms with Gasteiger partial charge in [-0.25, -0.2) is 4.98 Å². The molecule has 70 valence electrons. The Balaban J connectivity index is 2.08. The molecule has 1 aliphatic heterocycles. The Kier molecular flexibility index (Phi) is 2.48. The summed E-state index contributed by atoms with van der Waals surface area (Å²) in [7, 11) is 0. The minimum absolute atomic E-state index is 0.816. The summed E-state index contributed by atoms with van der Waals surface area (Å²) in [5.74, 6) is 1.95. The lowest BCUT2D eigenvalue weighted by atomic mass is 10.0. The molecular weight excluding hydrogens is 160 g/mol. The van der Waals surface area contributed by atoms with Crippen LogP contribution in [0.1, 0.15) is 19.8 Å². The van der Waals surface area contributed by atoms with Gasteiger partial charge in [-0.1, -0.05) is 13.0 Å². The Morgan fingerprint density at radius 3 is 3.08 bits per heavy atom. The first kappa shape index (κ1) is 8.54. The lowest BCUT2D eigenvalue weighted by Crippen LogP contribution is -2.34. The highest BCUT2D eigenvalue weighted by atomic mass is 15.2. The van der Waals surface area contributed by atoms with Crippen molar-refractivity contribution >= 4 is 5.82 Å². The van der Waals surface area contributed by atoms with Gasteiger partial charge in [0.05, 0.1) is 0 Å². The number of piperidine rings is 1. The van der Waals surface area contributed by atoms with Crippen LogP contribution in [0.5, 0.6) is 0 Å². The maximum Gasteiger partial charge on any atom is 0.128 e. The zero-order chi connectivity index (χ0) is 9.10. The molecule has 0 unspecified atom stereocenters. The smallest absolute Gasteiger partial charge is 0.128 e. The SMILES string of the molecule is C[C@H]1CCCN(c2ccccn2)C1. The standard InChI is InChI=1S/C11H16N2/c1-10-5-4-8-13(9-10)11-6-2-3-7-12-11/h2-3,6-7,10H,4-5,8-9H2,1H3/t10-/m0/s1. The van der Waals surface area contributed by atoms with E-state index in [9.17, 15) is 0 Å². The van der Waals surface area contributed by atoms with Crippen LogP contribution in [0, 0.1) is 5.92 Å². The molecule has 1 atom stereocenters. The Labute approximate surface area is 79.6 Å². The lowest BCUT2D eigenvalue weighted by Gasteiger charge is -2.31. The molecule has 0 amide bonds. The number of rotatable bonds is 1. The second-order valence-electron chi connectivity index (χ2n) is 3.88. The van der Waals surface area contributed by atoms with Crippen molar-refractivity contribution in [2.24, 2.45) is 5.92 Å². The molecule has 1 aromatic rings. The van der Waals surface area contributed by atoms with Gasteiger partial charge >= 0.3 is 0 Å². The van der Waals surface area contributed by atoms with E-state index in [0.717, 1.165) is 18.3 Å². The first-order chi connectivity index (χ1) is 6.36. The molecule has 2 heterocycles. The van der Waals surface area contributed by atoms with Crippen LogP contribution in [0.3, 0.4) is 0 Å². The van der Waals surface area contributed by atoms with Gasteiger partial charge in [0.25, 0.3) is 0 Å². The predicted octanol–water partition coefficient (Wildman–Crippen LogP) is 2.32. The van der Waals surface area contributed by atoms with Crippen molar-refractivity contribution in [1.29, 1.82) is 0 Å². The highest BCUT2D eigenvalue weighted by Crippen LogP contribution is 2.20. The third-order valence-electron chi connectivity index (χ3n) is 2.63. The van der Waals surface area contributed by atoms with E-state index in [1.807, 2.05) is 12.3 Å². The van der Waals surface area contributed by atoms with Gasteiger partial charge in [0.15, 0.2) is 0 Å². The van der Waals surface area contributed by atoms with Crippen molar-refractivity contribution in [3.8, 4) is 0 Å². The van der Waals surface area contributed by atoms with Gasteiger partial charge in [-0.05, 0) is 30.9 Å². The minimum Gasteiger partial charge on any atom is -0.356 e. The summed E-state index contributed by atoms with van der Waals surface area (Å²) in [6.45, 7) is 4.65. The van der Waals surface area contributed by atoms with E-state index in [4.69, 9.17) is 0 Å². The Morgan fingerprint density at radius 2 is 2.38 bits per heavy atom.